The van der Waals surface area contributed by atoms with Gasteiger partial charge >= 0.3 is 5.97 Å². The Morgan fingerprint density at radius 3 is 2.54 bits per heavy atom. The minimum absolute atomic E-state index is 0.0354. The van der Waals surface area contributed by atoms with Crippen molar-refractivity contribution < 1.29 is 23.9 Å². The molecule has 4 aromatic carbocycles. The van der Waals surface area contributed by atoms with Crippen LogP contribution in [0.1, 0.15) is 27.5 Å². The normalized spacial score (nSPS) is 17.3. The highest BCUT2D eigenvalue weighted by Gasteiger charge is 2.41. The second-order valence-corrected chi connectivity index (χ2v) is 11.4. The molecule has 230 valence electrons. The van der Waals surface area contributed by atoms with E-state index in [1.807, 2.05) is 36.4 Å². The van der Waals surface area contributed by atoms with Crippen LogP contribution in [0.5, 0.6) is 0 Å². The van der Waals surface area contributed by atoms with Crippen LogP contribution in [0.15, 0.2) is 95.4 Å². The molecule has 3 N–H and O–H groups in total. The monoisotopic (exact) mass is 637 g/mol. The van der Waals surface area contributed by atoms with Crippen LogP contribution >= 0.6 is 11.6 Å². The van der Waals surface area contributed by atoms with Gasteiger partial charge in [0.1, 0.15) is 6.04 Å². The minimum Gasteiger partial charge on any atom is -0.478 e. The number of fused-ring (bicyclic) bond motifs is 2. The highest BCUT2D eigenvalue weighted by molar-refractivity contribution is 6.31. The SMILES string of the molecule is O=C(O)c1ccc(NC(=O)C2c3cccc(-c4cccc5cn[nH]c45)c3CCN2C(=O)C2CN(c3cccc(Cl)c3F)N=N2)cc1. The maximum Gasteiger partial charge on any atom is 0.335 e. The third kappa shape index (κ3) is 5.12. The molecule has 0 bridgehead atoms. The summed E-state index contributed by atoms with van der Waals surface area (Å²) in [6, 6.07) is 19.8. The number of benzene rings is 4. The van der Waals surface area contributed by atoms with Crippen LogP contribution in [0.2, 0.25) is 5.02 Å². The number of hydrogen-bond donors (Lipinski definition) is 3. The zero-order valence-corrected chi connectivity index (χ0v) is 24.8. The van der Waals surface area contributed by atoms with Crippen LogP contribution in [0, 0.1) is 5.82 Å². The molecule has 0 saturated carbocycles. The number of para-hydroxylation sites is 1. The molecule has 3 heterocycles. The smallest absolute Gasteiger partial charge is 0.335 e. The van der Waals surface area contributed by atoms with Crippen LogP contribution in [0.3, 0.4) is 0 Å². The van der Waals surface area contributed by atoms with Crippen LogP contribution in [0.25, 0.3) is 22.0 Å². The standard InChI is InChI=1S/C33H25ClFN7O4/c34-25-8-3-9-27(28(25)35)42-17-26(38-40-42)32(44)41-15-14-22-21(23-6-1-4-19-16-36-39-29(19)23)5-2-7-24(22)30(41)31(43)37-20-12-10-18(11-13-20)33(45)46/h1-13,16,26,30H,14-15,17H2,(H,36,39)(H,37,43)(H,45,46). The molecule has 2 amide bonds. The van der Waals surface area contributed by atoms with Gasteiger partial charge in [0, 0.05) is 23.2 Å². The predicted octanol–water partition coefficient (Wildman–Crippen LogP) is 6.04. The number of nitrogens with zero attached hydrogens (tertiary/aromatic N) is 5. The van der Waals surface area contributed by atoms with Crippen molar-refractivity contribution in [1.82, 2.24) is 15.1 Å². The fourth-order valence-corrected chi connectivity index (χ4v) is 6.23. The zero-order chi connectivity index (χ0) is 31.9. The Hall–Kier alpha value is -5.62. The van der Waals surface area contributed by atoms with Gasteiger partial charge in [-0.25, -0.2) is 14.2 Å². The van der Waals surface area contributed by atoms with E-state index < -0.39 is 35.7 Å². The van der Waals surface area contributed by atoms with Gasteiger partial charge in [-0.15, -0.1) is 0 Å². The largest absolute Gasteiger partial charge is 0.478 e. The van der Waals surface area contributed by atoms with Gasteiger partial charge in [0.15, 0.2) is 11.9 Å². The number of carboxylic acid groups (broad SMARTS) is 1. The van der Waals surface area contributed by atoms with Crippen LogP contribution in [0.4, 0.5) is 15.8 Å². The van der Waals surface area contributed by atoms with Crippen molar-refractivity contribution in [2.24, 2.45) is 10.3 Å². The molecule has 2 aliphatic rings. The average molecular weight is 638 g/mol. The molecule has 7 rings (SSSR count). The van der Waals surface area contributed by atoms with Gasteiger partial charge in [-0.3, -0.25) is 14.7 Å². The number of H-pyrrole nitrogens is 1. The summed E-state index contributed by atoms with van der Waals surface area (Å²) in [6.07, 6.45) is 2.20. The molecule has 1 aromatic heterocycles. The number of rotatable bonds is 6. The summed E-state index contributed by atoms with van der Waals surface area (Å²) in [5.74, 6) is -2.69. The first-order chi connectivity index (χ1) is 22.3. The van der Waals surface area contributed by atoms with Crippen LogP contribution in [-0.2, 0) is 16.0 Å². The Morgan fingerprint density at radius 1 is 0.978 bits per heavy atom. The number of anilines is 2. The van der Waals surface area contributed by atoms with E-state index in [9.17, 15) is 23.9 Å². The number of aromatic amines is 1. The van der Waals surface area contributed by atoms with Crippen LogP contribution in [-0.4, -0.2) is 57.1 Å². The lowest BCUT2D eigenvalue weighted by molar-refractivity contribution is -0.140. The lowest BCUT2D eigenvalue weighted by Gasteiger charge is -2.38. The summed E-state index contributed by atoms with van der Waals surface area (Å²) >= 11 is 5.96. The summed E-state index contributed by atoms with van der Waals surface area (Å²) in [5.41, 5.74) is 4.76. The number of carbonyl (C=O) groups is 3. The summed E-state index contributed by atoms with van der Waals surface area (Å²) in [4.78, 5) is 41.0. The Balaban J connectivity index is 1.24. The average Bonchev–Trinajstić information content (AvgIpc) is 3.76. The molecule has 2 aliphatic heterocycles. The molecule has 46 heavy (non-hydrogen) atoms. The molecule has 0 aliphatic carbocycles. The first-order valence-electron chi connectivity index (χ1n) is 14.4. The molecule has 0 radical (unpaired) electrons. The maximum atomic E-state index is 14.7. The second-order valence-electron chi connectivity index (χ2n) is 10.9. The Labute approximate surface area is 266 Å². The number of aromatic nitrogens is 2. The van der Waals surface area contributed by atoms with Gasteiger partial charge in [-0.1, -0.05) is 59.3 Å². The van der Waals surface area contributed by atoms with Gasteiger partial charge in [-0.05, 0) is 59.5 Å². The molecule has 2 unspecified atom stereocenters. The topological polar surface area (TPSA) is 143 Å². The zero-order valence-electron chi connectivity index (χ0n) is 24.0. The van der Waals surface area contributed by atoms with E-state index in [-0.39, 0.29) is 29.4 Å². The summed E-state index contributed by atoms with van der Waals surface area (Å²) in [6.45, 7) is 0.168. The number of amides is 2. The summed E-state index contributed by atoms with van der Waals surface area (Å²) in [7, 11) is 0. The van der Waals surface area contributed by atoms with E-state index >= 15 is 0 Å². The lowest BCUT2D eigenvalue weighted by atomic mass is 9.85. The van der Waals surface area contributed by atoms with E-state index in [1.54, 1.807) is 12.3 Å². The van der Waals surface area contributed by atoms with Crippen molar-refractivity contribution in [3.05, 3.63) is 113 Å². The molecule has 0 spiro atoms. The number of aromatic carboxylic acids is 1. The first-order valence-corrected chi connectivity index (χ1v) is 14.8. The molecule has 11 nitrogen and oxygen atoms in total. The van der Waals surface area contributed by atoms with Gasteiger partial charge in [0.25, 0.3) is 11.8 Å². The second kappa shape index (κ2) is 11.7. The van der Waals surface area contributed by atoms with Gasteiger partial charge < -0.3 is 15.3 Å². The Kier molecular flexibility index (Phi) is 7.41. The molecule has 0 fully saturated rings. The number of carboxylic acids is 1. The molecule has 13 heteroatoms. The molecular weight excluding hydrogens is 613 g/mol. The van der Waals surface area contributed by atoms with Gasteiger partial charge in [-0.2, -0.15) is 10.2 Å². The molecule has 2 atom stereocenters. The quantitative estimate of drug-likeness (QED) is 0.207. The fraction of sp³-hybridized carbons (Fsp3) is 0.152. The highest BCUT2D eigenvalue weighted by atomic mass is 35.5. The van der Waals surface area contributed by atoms with Gasteiger partial charge in [0.2, 0.25) is 0 Å². The number of nitrogens with one attached hydrogen (secondary N) is 2. The van der Waals surface area contributed by atoms with E-state index in [0.717, 1.165) is 27.6 Å². The summed E-state index contributed by atoms with van der Waals surface area (Å²) in [5, 5.41) is 29.7. The fourth-order valence-electron chi connectivity index (χ4n) is 6.06. The lowest BCUT2D eigenvalue weighted by Crippen LogP contribution is -2.49. The van der Waals surface area contributed by atoms with E-state index in [4.69, 9.17) is 11.6 Å². The van der Waals surface area contributed by atoms with E-state index in [1.165, 1.54) is 46.3 Å². The third-order valence-corrected chi connectivity index (χ3v) is 8.55. The molecular formula is C33H25ClFN7O4. The predicted molar refractivity (Wildman–Crippen MR) is 169 cm³/mol. The number of halogens is 2. The molecule has 5 aromatic rings. The number of carbonyl (C=O) groups excluding carboxylic acids is 2. The van der Waals surface area contributed by atoms with Crippen LogP contribution < -0.4 is 10.3 Å². The summed E-state index contributed by atoms with van der Waals surface area (Å²) < 4.78 is 14.7. The van der Waals surface area contributed by atoms with E-state index in [0.29, 0.717) is 17.7 Å². The Bertz CT molecular complexity index is 2050. The van der Waals surface area contributed by atoms with Crippen molar-refractivity contribution >= 4 is 51.7 Å². The highest BCUT2D eigenvalue weighted by Crippen LogP contribution is 2.39. The number of hydrogen-bond acceptors (Lipinski definition) is 7. The van der Waals surface area contributed by atoms with Gasteiger partial charge in [0.05, 0.1) is 34.5 Å². The van der Waals surface area contributed by atoms with Crippen molar-refractivity contribution in [3.63, 3.8) is 0 Å². The van der Waals surface area contributed by atoms with E-state index in [2.05, 4.69) is 25.9 Å². The van der Waals surface area contributed by atoms with Crippen molar-refractivity contribution in [3.8, 4) is 11.1 Å². The van der Waals surface area contributed by atoms with Crippen molar-refractivity contribution in [1.29, 1.82) is 0 Å². The maximum absolute atomic E-state index is 14.7. The van der Waals surface area contributed by atoms with Crippen molar-refractivity contribution in [2.45, 2.75) is 18.5 Å². The van der Waals surface area contributed by atoms with Crippen molar-refractivity contribution in [2.75, 3.05) is 23.4 Å². The first kappa shape index (κ1) is 29.1. The molecule has 0 saturated heterocycles. The third-order valence-electron chi connectivity index (χ3n) is 8.26. The minimum atomic E-state index is -1.09. The Morgan fingerprint density at radius 2 is 1.74 bits per heavy atom.